The van der Waals surface area contributed by atoms with E-state index in [1.54, 1.807) is 7.11 Å². The minimum Gasteiger partial charge on any atom is -0.503 e. The predicted octanol–water partition coefficient (Wildman–Crippen LogP) is 0.0590. The van der Waals surface area contributed by atoms with Crippen LogP contribution in [0.15, 0.2) is 17.3 Å². The predicted molar refractivity (Wildman–Crippen MR) is 78.0 cm³/mol. The number of ether oxygens (including phenoxy) is 4. The zero-order valence-corrected chi connectivity index (χ0v) is 12.6. The third-order valence-corrected chi connectivity index (χ3v) is 2.94. The van der Waals surface area contributed by atoms with Crippen molar-refractivity contribution in [3.8, 4) is 11.5 Å². The van der Waals surface area contributed by atoms with Crippen LogP contribution < -0.4 is 4.74 Å². The van der Waals surface area contributed by atoms with Crippen molar-refractivity contribution >= 4 is 11.9 Å². The summed E-state index contributed by atoms with van der Waals surface area (Å²) in [6, 6.07) is 0.489. The second-order valence-electron chi connectivity index (χ2n) is 4.56. The number of carbonyl (C=O) groups is 1. The molecule has 1 aromatic rings. The van der Waals surface area contributed by atoms with Crippen LogP contribution in [0.25, 0.3) is 0 Å². The fourth-order valence-electron chi connectivity index (χ4n) is 1.79. The van der Waals surface area contributed by atoms with Crippen molar-refractivity contribution in [2.45, 2.75) is 6.04 Å². The second kappa shape index (κ2) is 8.30. The number of hydrogen-bond donors (Lipinski definition) is 2. The van der Waals surface area contributed by atoms with Gasteiger partial charge in [0.15, 0.2) is 23.2 Å². The van der Waals surface area contributed by atoms with Gasteiger partial charge in [0.05, 0.1) is 19.8 Å². The van der Waals surface area contributed by atoms with E-state index in [4.69, 9.17) is 24.1 Å². The molecule has 0 aromatic carbocycles. The maximum atomic E-state index is 10.9. The molecule has 0 aliphatic carbocycles. The molecule has 0 radical (unpaired) electrons. The van der Waals surface area contributed by atoms with Gasteiger partial charge in [-0.1, -0.05) is 0 Å². The Bertz CT molecular complexity index is 576. The Hall–Kier alpha value is -2.39. The van der Waals surface area contributed by atoms with Crippen LogP contribution in [0.4, 0.5) is 0 Å². The van der Waals surface area contributed by atoms with E-state index in [1.165, 1.54) is 12.3 Å². The third kappa shape index (κ3) is 4.54. The monoisotopic (exact) mass is 326 g/mol. The van der Waals surface area contributed by atoms with Crippen molar-refractivity contribution in [2.24, 2.45) is 4.99 Å². The van der Waals surface area contributed by atoms with Gasteiger partial charge in [-0.05, 0) is 0 Å². The molecule has 0 unspecified atom stereocenters. The molecular formula is C14H18N2O7. The Morgan fingerprint density at radius 3 is 2.87 bits per heavy atom. The van der Waals surface area contributed by atoms with Gasteiger partial charge in [0.1, 0.15) is 13.2 Å². The number of carboxylic acid groups (broad SMARTS) is 1. The molecule has 1 atom stereocenters. The Balaban J connectivity index is 1.96. The van der Waals surface area contributed by atoms with Gasteiger partial charge >= 0.3 is 5.97 Å². The summed E-state index contributed by atoms with van der Waals surface area (Å²) < 4.78 is 20.7. The molecule has 0 spiro atoms. The zero-order valence-electron chi connectivity index (χ0n) is 12.6. The molecule has 1 aliphatic heterocycles. The number of methoxy groups -OCH3 is 1. The minimum absolute atomic E-state index is 0.0169. The lowest BCUT2D eigenvalue weighted by Gasteiger charge is -2.10. The van der Waals surface area contributed by atoms with Crippen molar-refractivity contribution in [3.05, 3.63) is 18.0 Å². The highest BCUT2D eigenvalue weighted by atomic mass is 16.5. The topological polar surface area (TPSA) is 120 Å². The van der Waals surface area contributed by atoms with Gasteiger partial charge in [-0.3, -0.25) is 0 Å². The Morgan fingerprint density at radius 1 is 1.39 bits per heavy atom. The molecule has 9 nitrogen and oxygen atoms in total. The molecule has 1 aliphatic rings. The average Bonchev–Trinajstić information content (AvgIpc) is 3.02. The molecular weight excluding hydrogens is 308 g/mol. The molecule has 0 fully saturated rings. The molecule has 2 rings (SSSR count). The van der Waals surface area contributed by atoms with E-state index in [2.05, 4.69) is 9.98 Å². The second-order valence-corrected chi connectivity index (χ2v) is 4.56. The van der Waals surface area contributed by atoms with Crippen molar-refractivity contribution in [1.29, 1.82) is 0 Å². The summed E-state index contributed by atoms with van der Waals surface area (Å²) in [6.07, 6.45) is 1.41. The molecule has 1 aromatic heterocycles. The third-order valence-electron chi connectivity index (χ3n) is 2.94. The highest BCUT2D eigenvalue weighted by molar-refractivity contribution is 5.98. The highest BCUT2D eigenvalue weighted by Crippen LogP contribution is 2.30. The van der Waals surface area contributed by atoms with Gasteiger partial charge in [-0.15, -0.1) is 0 Å². The summed E-state index contributed by atoms with van der Waals surface area (Å²) in [5.74, 6) is -1.18. The first kappa shape index (κ1) is 17.0. The summed E-state index contributed by atoms with van der Waals surface area (Å²) in [6.45, 7) is 1.41. The van der Waals surface area contributed by atoms with Crippen LogP contribution in [0.3, 0.4) is 0 Å². The first-order valence-electron chi connectivity index (χ1n) is 6.94. The summed E-state index contributed by atoms with van der Waals surface area (Å²) in [5.41, 5.74) is 0.0477. The normalized spacial score (nSPS) is 16.7. The first-order valence-corrected chi connectivity index (χ1v) is 6.94. The molecule has 0 saturated heterocycles. The lowest BCUT2D eigenvalue weighted by Crippen LogP contribution is -2.18. The lowest BCUT2D eigenvalue weighted by atomic mass is 10.3. The summed E-state index contributed by atoms with van der Waals surface area (Å²) >= 11 is 0. The summed E-state index contributed by atoms with van der Waals surface area (Å²) in [4.78, 5) is 18.7. The highest BCUT2D eigenvalue weighted by Gasteiger charge is 2.29. The average molecular weight is 326 g/mol. The maximum Gasteiger partial charge on any atom is 0.332 e. The van der Waals surface area contributed by atoms with E-state index >= 15 is 0 Å². The minimum atomic E-state index is -1.10. The molecule has 0 bridgehead atoms. The van der Waals surface area contributed by atoms with Crippen molar-refractivity contribution in [3.63, 3.8) is 0 Å². The number of aromatic nitrogens is 1. The molecule has 0 amide bonds. The van der Waals surface area contributed by atoms with Gasteiger partial charge in [0.2, 0.25) is 5.90 Å². The van der Waals surface area contributed by atoms with Gasteiger partial charge in [0.25, 0.3) is 0 Å². The van der Waals surface area contributed by atoms with Crippen molar-refractivity contribution < 1.29 is 34.0 Å². The van der Waals surface area contributed by atoms with Crippen LogP contribution >= 0.6 is 0 Å². The molecule has 0 saturated carbocycles. The number of aromatic hydroxyl groups is 1. The van der Waals surface area contributed by atoms with E-state index in [0.717, 1.165) is 0 Å². The van der Waals surface area contributed by atoms with Crippen LogP contribution in [-0.4, -0.2) is 73.3 Å². The Kier molecular flexibility index (Phi) is 6.12. The molecule has 2 heterocycles. The van der Waals surface area contributed by atoms with Gasteiger partial charge in [0, 0.05) is 19.4 Å². The number of rotatable bonds is 9. The van der Waals surface area contributed by atoms with Crippen LogP contribution in [-0.2, 0) is 19.0 Å². The van der Waals surface area contributed by atoms with Crippen LogP contribution in [0.2, 0.25) is 0 Å². The number of nitrogens with zero attached hydrogens (tertiary/aromatic N) is 2. The first-order chi connectivity index (χ1) is 11.1. The van der Waals surface area contributed by atoms with E-state index < -0.39 is 12.0 Å². The largest absolute Gasteiger partial charge is 0.503 e. The maximum absolute atomic E-state index is 10.9. The Morgan fingerprint density at radius 2 is 2.17 bits per heavy atom. The van der Waals surface area contributed by atoms with E-state index in [1.807, 2.05) is 0 Å². The number of pyridine rings is 1. The SMILES string of the molecule is COCCOCCOc1ccnc(C2=N[C@@H](C(=O)O)CO2)c1O. The number of aliphatic carboxylic acids is 1. The number of hydrogen-bond acceptors (Lipinski definition) is 8. The van der Waals surface area contributed by atoms with Crippen LogP contribution in [0.1, 0.15) is 5.69 Å². The zero-order chi connectivity index (χ0) is 16.7. The summed E-state index contributed by atoms with van der Waals surface area (Å²) in [5, 5.41) is 19.0. The molecule has 9 heteroatoms. The number of carboxylic acids is 1. The van der Waals surface area contributed by atoms with Gasteiger partial charge < -0.3 is 29.2 Å². The molecule has 2 N–H and O–H groups in total. The quantitative estimate of drug-likeness (QED) is 0.611. The van der Waals surface area contributed by atoms with Gasteiger partial charge in [-0.2, -0.15) is 0 Å². The molecule has 23 heavy (non-hydrogen) atoms. The lowest BCUT2D eigenvalue weighted by molar-refractivity contribution is -0.138. The van der Waals surface area contributed by atoms with Crippen LogP contribution in [0, 0.1) is 0 Å². The van der Waals surface area contributed by atoms with E-state index in [-0.39, 0.29) is 36.3 Å². The fourth-order valence-corrected chi connectivity index (χ4v) is 1.79. The van der Waals surface area contributed by atoms with Gasteiger partial charge in [-0.25, -0.2) is 14.8 Å². The smallest absolute Gasteiger partial charge is 0.332 e. The molecule has 126 valence electrons. The standard InChI is InChI=1S/C14H18N2O7/c1-20-4-5-21-6-7-22-10-2-3-15-11(12(10)17)13-16-9(8-23-13)14(18)19/h2-3,9,17H,4-8H2,1H3,(H,18,19)/t9-/m1/s1. The van der Waals surface area contributed by atoms with Crippen molar-refractivity contribution in [1.82, 2.24) is 4.98 Å². The number of aliphatic imine (C=N–C) groups is 1. The fraction of sp³-hybridized carbons (Fsp3) is 0.500. The van der Waals surface area contributed by atoms with E-state index in [0.29, 0.717) is 19.8 Å². The summed E-state index contributed by atoms with van der Waals surface area (Å²) in [7, 11) is 1.58. The van der Waals surface area contributed by atoms with E-state index in [9.17, 15) is 9.90 Å². The van der Waals surface area contributed by atoms with Crippen molar-refractivity contribution in [2.75, 3.05) is 40.1 Å². The van der Waals surface area contributed by atoms with Crippen LogP contribution in [0.5, 0.6) is 11.5 Å². The Labute approximate surface area is 132 Å².